The van der Waals surface area contributed by atoms with E-state index in [9.17, 15) is 19.2 Å². The van der Waals surface area contributed by atoms with Crippen molar-refractivity contribution in [3.63, 3.8) is 0 Å². The largest absolute Gasteiger partial charge is 0.494 e. The smallest absolute Gasteiger partial charge is 0.326 e. The summed E-state index contributed by atoms with van der Waals surface area (Å²) in [6, 6.07) is 13.2. The van der Waals surface area contributed by atoms with Gasteiger partial charge in [0.1, 0.15) is 12.3 Å². The van der Waals surface area contributed by atoms with E-state index in [-0.39, 0.29) is 6.42 Å². The van der Waals surface area contributed by atoms with E-state index in [0.717, 1.165) is 4.90 Å². The van der Waals surface area contributed by atoms with Gasteiger partial charge in [0.25, 0.3) is 5.91 Å². The van der Waals surface area contributed by atoms with Crippen LogP contribution >= 0.6 is 0 Å². The standard InChI is InChI=1S/C21H19NO6/c1-2-27-16-9-7-14(8-10-16)18(23)13-28-20(25)12-22-19(24)11-15-5-3-4-6-17(15)21(22)26/h3-10H,2,11-13H2,1H3. The number of nitrogens with zero attached hydrogens (tertiary/aromatic N) is 1. The predicted octanol–water partition coefficient (Wildman–Crippen LogP) is 2.04. The van der Waals surface area contributed by atoms with Crippen molar-refractivity contribution in [2.75, 3.05) is 19.8 Å². The van der Waals surface area contributed by atoms with Gasteiger partial charge in [0.05, 0.1) is 13.0 Å². The Morgan fingerprint density at radius 1 is 1.04 bits per heavy atom. The third kappa shape index (κ3) is 4.25. The highest BCUT2D eigenvalue weighted by Crippen LogP contribution is 2.19. The average Bonchev–Trinajstić information content (AvgIpc) is 2.70. The predicted molar refractivity (Wildman–Crippen MR) is 99.1 cm³/mol. The van der Waals surface area contributed by atoms with Crippen molar-refractivity contribution < 1.29 is 28.7 Å². The molecule has 1 heterocycles. The van der Waals surface area contributed by atoms with E-state index < -0.39 is 36.7 Å². The molecule has 28 heavy (non-hydrogen) atoms. The van der Waals surface area contributed by atoms with Crippen LogP contribution in [0.1, 0.15) is 33.2 Å². The van der Waals surface area contributed by atoms with Crippen molar-refractivity contribution in [2.45, 2.75) is 13.3 Å². The van der Waals surface area contributed by atoms with E-state index >= 15 is 0 Å². The summed E-state index contributed by atoms with van der Waals surface area (Å²) in [6.07, 6.45) is 0.0420. The maximum atomic E-state index is 12.4. The van der Waals surface area contributed by atoms with Crippen LogP contribution in [0.3, 0.4) is 0 Å². The van der Waals surface area contributed by atoms with Crippen LogP contribution in [-0.4, -0.2) is 48.2 Å². The highest BCUT2D eigenvalue weighted by molar-refractivity contribution is 6.11. The van der Waals surface area contributed by atoms with E-state index in [1.807, 2.05) is 6.92 Å². The molecule has 2 aromatic rings. The maximum absolute atomic E-state index is 12.4. The molecule has 1 aliphatic heterocycles. The number of imide groups is 1. The van der Waals surface area contributed by atoms with Gasteiger partial charge in [0, 0.05) is 11.1 Å². The Bertz CT molecular complexity index is 919. The summed E-state index contributed by atoms with van der Waals surface area (Å²) in [5.74, 6) is -1.59. The van der Waals surface area contributed by atoms with E-state index in [1.165, 1.54) is 0 Å². The molecule has 7 heteroatoms. The summed E-state index contributed by atoms with van der Waals surface area (Å²) in [5.41, 5.74) is 1.39. The Morgan fingerprint density at radius 3 is 2.46 bits per heavy atom. The number of hydrogen-bond donors (Lipinski definition) is 0. The fourth-order valence-electron chi connectivity index (χ4n) is 2.87. The summed E-state index contributed by atoms with van der Waals surface area (Å²) in [6.45, 7) is 1.38. The summed E-state index contributed by atoms with van der Waals surface area (Å²) >= 11 is 0. The second kappa shape index (κ2) is 8.47. The van der Waals surface area contributed by atoms with Crippen LogP contribution in [0.4, 0.5) is 0 Å². The molecule has 144 valence electrons. The number of carbonyl (C=O) groups is 4. The van der Waals surface area contributed by atoms with Crippen LogP contribution in [0, 0.1) is 0 Å². The first kappa shape index (κ1) is 19.3. The number of hydrogen-bond acceptors (Lipinski definition) is 6. The van der Waals surface area contributed by atoms with E-state index in [2.05, 4.69) is 0 Å². The van der Waals surface area contributed by atoms with Gasteiger partial charge in [-0.05, 0) is 42.8 Å². The van der Waals surface area contributed by atoms with Crippen molar-refractivity contribution >= 4 is 23.6 Å². The molecule has 0 saturated heterocycles. The number of fused-ring (bicyclic) bond motifs is 1. The second-order valence-electron chi connectivity index (χ2n) is 6.16. The number of esters is 1. The molecule has 0 bridgehead atoms. The Kier molecular flexibility index (Phi) is 5.84. The summed E-state index contributed by atoms with van der Waals surface area (Å²) in [5, 5.41) is 0. The molecular formula is C21H19NO6. The first-order valence-corrected chi connectivity index (χ1v) is 8.84. The van der Waals surface area contributed by atoms with Gasteiger partial charge in [-0.2, -0.15) is 0 Å². The molecule has 0 radical (unpaired) electrons. The van der Waals surface area contributed by atoms with Gasteiger partial charge in [-0.25, -0.2) is 0 Å². The quantitative estimate of drug-likeness (QED) is 0.414. The molecule has 1 aliphatic rings. The molecule has 0 N–H and O–H groups in total. The topological polar surface area (TPSA) is 90.0 Å². The molecule has 0 spiro atoms. The fourth-order valence-corrected chi connectivity index (χ4v) is 2.87. The van der Waals surface area contributed by atoms with Crippen molar-refractivity contribution in [3.05, 3.63) is 65.2 Å². The molecule has 3 rings (SSSR count). The van der Waals surface area contributed by atoms with Crippen LogP contribution in [0.5, 0.6) is 5.75 Å². The van der Waals surface area contributed by atoms with Crippen LogP contribution in [-0.2, 0) is 20.7 Å². The molecule has 2 amide bonds. The normalized spacial score (nSPS) is 13.1. The number of carbonyl (C=O) groups excluding carboxylic acids is 4. The number of amides is 2. The van der Waals surface area contributed by atoms with Crippen molar-refractivity contribution in [1.29, 1.82) is 0 Å². The monoisotopic (exact) mass is 381 g/mol. The van der Waals surface area contributed by atoms with Crippen molar-refractivity contribution in [3.8, 4) is 5.75 Å². The lowest BCUT2D eigenvalue weighted by molar-refractivity contribution is -0.146. The number of ketones is 1. The lowest BCUT2D eigenvalue weighted by Gasteiger charge is -2.25. The number of Topliss-reactive ketones (excluding diaryl/α,β-unsaturated/α-hetero) is 1. The van der Waals surface area contributed by atoms with Crippen molar-refractivity contribution in [1.82, 2.24) is 4.90 Å². The molecule has 0 unspecified atom stereocenters. The van der Waals surface area contributed by atoms with E-state index in [4.69, 9.17) is 9.47 Å². The Balaban J connectivity index is 1.56. The SMILES string of the molecule is CCOc1ccc(C(=O)COC(=O)CN2C(=O)Cc3ccccc3C2=O)cc1. The highest BCUT2D eigenvalue weighted by Gasteiger charge is 2.32. The zero-order chi connectivity index (χ0) is 20.1. The van der Waals surface area contributed by atoms with Crippen LogP contribution in [0.25, 0.3) is 0 Å². The maximum Gasteiger partial charge on any atom is 0.326 e. The zero-order valence-corrected chi connectivity index (χ0v) is 15.3. The Morgan fingerprint density at radius 2 is 1.75 bits per heavy atom. The number of benzene rings is 2. The van der Waals surface area contributed by atoms with Gasteiger partial charge in [-0.3, -0.25) is 24.1 Å². The van der Waals surface area contributed by atoms with Gasteiger partial charge in [0.2, 0.25) is 5.91 Å². The van der Waals surface area contributed by atoms with Crippen LogP contribution in [0.2, 0.25) is 0 Å². The van der Waals surface area contributed by atoms with E-state index in [0.29, 0.717) is 29.0 Å². The summed E-state index contributed by atoms with van der Waals surface area (Å²) in [7, 11) is 0. The molecule has 0 aliphatic carbocycles. The van der Waals surface area contributed by atoms with Crippen LogP contribution < -0.4 is 4.74 Å². The molecule has 0 aromatic heterocycles. The zero-order valence-electron chi connectivity index (χ0n) is 15.3. The second-order valence-corrected chi connectivity index (χ2v) is 6.16. The minimum Gasteiger partial charge on any atom is -0.494 e. The Hall–Kier alpha value is -3.48. The molecule has 0 saturated carbocycles. The van der Waals surface area contributed by atoms with Gasteiger partial charge in [-0.1, -0.05) is 18.2 Å². The molecule has 0 atom stereocenters. The number of rotatable bonds is 7. The number of ether oxygens (including phenoxy) is 2. The summed E-state index contributed by atoms with van der Waals surface area (Å²) in [4.78, 5) is 49.6. The first-order chi connectivity index (χ1) is 13.5. The fraction of sp³-hybridized carbons (Fsp3) is 0.238. The van der Waals surface area contributed by atoms with Gasteiger partial charge < -0.3 is 9.47 Å². The minimum atomic E-state index is -0.819. The Labute approximate surface area is 161 Å². The van der Waals surface area contributed by atoms with E-state index in [1.54, 1.807) is 48.5 Å². The third-order valence-electron chi connectivity index (χ3n) is 4.27. The lowest BCUT2D eigenvalue weighted by atomic mass is 9.98. The van der Waals surface area contributed by atoms with Crippen LogP contribution in [0.15, 0.2) is 48.5 Å². The van der Waals surface area contributed by atoms with Gasteiger partial charge in [0.15, 0.2) is 12.4 Å². The summed E-state index contributed by atoms with van der Waals surface area (Å²) < 4.78 is 10.3. The lowest BCUT2D eigenvalue weighted by Crippen LogP contribution is -2.45. The molecule has 0 fully saturated rings. The molecule has 7 nitrogen and oxygen atoms in total. The van der Waals surface area contributed by atoms with Gasteiger partial charge in [-0.15, -0.1) is 0 Å². The average molecular weight is 381 g/mol. The highest BCUT2D eigenvalue weighted by atomic mass is 16.5. The minimum absolute atomic E-state index is 0.0420. The third-order valence-corrected chi connectivity index (χ3v) is 4.27. The van der Waals surface area contributed by atoms with Crippen molar-refractivity contribution in [2.24, 2.45) is 0 Å². The molecule has 2 aromatic carbocycles. The molecular weight excluding hydrogens is 362 g/mol. The van der Waals surface area contributed by atoms with Gasteiger partial charge >= 0.3 is 5.97 Å². The first-order valence-electron chi connectivity index (χ1n) is 8.84.